The van der Waals surface area contributed by atoms with Gasteiger partial charge in [-0.2, -0.15) is 0 Å². The average molecular weight is 423 g/mol. The number of Topliss-reactive ketones (excluding diaryl/α,β-unsaturated/α-hetero) is 1. The smallest absolute Gasteiger partial charge is 0.268 e. The summed E-state index contributed by atoms with van der Waals surface area (Å²) in [5, 5.41) is 3.03. The highest BCUT2D eigenvalue weighted by Gasteiger charge is 2.26. The van der Waals surface area contributed by atoms with Gasteiger partial charge in [-0.05, 0) is 50.3 Å². The predicted octanol–water partition coefficient (Wildman–Crippen LogP) is 3.17. The molecule has 31 heavy (non-hydrogen) atoms. The second kappa shape index (κ2) is 10.2. The van der Waals surface area contributed by atoms with Crippen molar-refractivity contribution in [2.45, 2.75) is 45.6 Å². The number of piperazine rings is 1. The zero-order valence-corrected chi connectivity index (χ0v) is 18.6. The molecule has 4 rings (SSSR count). The molecule has 1 aliphatic heterocycles. The van der Waals surface area contributed by atoms with Gasteiger partial charge in [-0.25, -0.2) is 0 Å². The number of hydrogen-bond acceptors (Lipinski definition) is 4. The van der Waals surface area contributed by atoms with E-state index < -0.39 is 0 Å². The van der Waals surface area contributed by atoms with Crippen molar-refractivity contribution in [3.63, 3.8) is 0 Å². The maximum absolute atomic E-state index is 12.6. The fourth-order valence-corrected chi connectivity index (χ4v) is 4.76. The van der Waals surface area contributed by atoms with Crippen LogP contribution in [0.4, 0.5) is 0 Å². The number of amides is 1. The molecule has 2 aromatic rings. The molecule has 166 valence electrons. The van der Waals surface area contributed by atoms with E-state index in [0.29, 0.717) is 18.7 Å². The highest BCUT2D eigenvalue weighted by molar-refractivity contribution is 6.04. The van der Waals surface area contributed by atoms with Crippen molar-refractivity contribution < 1.29 is 9.59 Å². The van der Waals surface area contributed by atoms with Gasteiger partial charge in [-0.1, -0.05) is 30.3 Å². The molecule has 2 N–H and O–H groups in total. The quantitative estimate of drug-likeness (QED) is 0.641. The van der Waals surface area contributed by atoms with E-state index in [1.54, 1.807) is 0 Å². The molecule has 1 aromatic carbocycles. The lowest BCUT2D eigenvalue weighted by atomic mass is 9.94. The summed E-state index contributed by atoms with van der Waals surface area (Å²) in [6, 6.07) is 10.7. The molecule has 1 saturated heterocycles. The summed E-state index contributed by atoms with van der Waals surface area (Å²) in [4.78, 5) is 33.0. The minimum atomic E-state index is -0.0887. The van der Waals surface area contributed by atoms with Crippen molar-refractivity contribution in [2.75, 3.05) is 39.3 Å². The fraction of sp³-hybridized carbons (Fsp3) is 0.520. The molecule has 0 atom stereocenters. The van der Waals surface area contributed by atoms with E-state index in [1.165, 1.54) is 5.56 Å². The first kappa shape index (κ1) is 21.8. The summed E-state index contributed by atoms with van der Waals surface area (Å²) in [6.45, 7) is 9.12. The van der Waals surface area contributed by atoms with E-state index in [1.807, 2.05) is 6.92 Å². The molecule has 0 spiro atoms. The van der Waals surface area contributed by atoms with Crippen LogP contribution in [0.5, 0.6) is 0 Å². The van der Waals surface area contributed by atoms with Gasteiger partial charge in [0.25, 0.3) is 5.91 Å². The minimum absolute atomic E-state index is 0.0887. The minimum Gasteiger partial charge on any atom is -0.354 e. The van der Waals surface area contributed by atoms with Gasteiger partial charge < -0.3 is 15.2 Å². The number of nitrogens with one attached hydrogen (secondary N) is 2. The molecule has 0 saturated carbocycles. The zero-order chi connectivity index (χ0) is 21.6. The summed E-state index contributed by atoms with van der Waals surface area (Å²) in [6.07, 6.45) is 4.36. The number of ketones is 1. The number of fused-ring (bicyclic) bond motifs is 1. The lowest BCUT2D eigenvalue weighted by Gasteiger charge is -2.34. The normalized spacial score (nSPS) is 17.5. The highest BCUT2D eigenvalue weighted by Crippen LogP contribution is 2.26. The van der Waals surface area contributed by atoms with Gasteiger partial charge in [0.15, 0.2) is 5.78 Å². The fourth-order valence-electron chi connectivity index (χ4n) is 4.76. The molecule has 2 heterocycles. The van der Waals surface area contributed by atoms with Gasteiger partial charge in [0, 0.05) is 56.9 Å². The van der Waals surface area contributed by atoms with Crippen molar-refractivity contribution in [3.8, 4) is 0 Å². The highest BCUT2D eigenvalue weighted by atomic mass is 16.2. The number of aromatic amines is 1. The summed E-state index contributed by atoms with van der Waals surface area (Å²) < 4.78 is 0. The molecule has 1 amide bonds. The Hall–Kier alpha value is -2.44. The van der Waals surface area contributed by atoms with Gasteiger partial charge in [0.1, 0.15) is 5.69 Å². The van der Waals surface area contributed by atoms with E-state index in [0.717, 1.165) is 81.8 Å². The Labute approximate surface area is 185 Å². The molecule has 1 aromatic heterocycles. The average Bonchev–Trinajstić information content (AvgIpc) is 3.13. The molecular formula is C25H34N4O2. The Balaban J connectivity index is 1.13. The van der Waals surface area contributed by atoms with Crippen molar-refractivity contribution >= 4 is 11.7 Å². The van der Waals surface area contributed by atoms with Crippen LogP contribution in [0.25, 0.3) is 0 Å². The Morgan fingerprint density at radius 3 is 2.52 bits per heavy atom. The third-order valence-electron chi connectivity index (χ3n) is 6.56. The molecular weight excluding hydrogens is 388 g/mol. The van der Waals surface area contributed by atoms with Gasteiger partial charge in [0.05, 0.1) is 0 Å². The van der Waals surface area contributed by atoms with Crippen LogP contribution >= 0.6 is 0 Å². The summed E-state index contributed by atoms with van der Waals surface area (Å²) in [5.41, 5.74) is 4.45. The lowest BCUT2D eigenvalue weighted by Crippen LogP contribution is -2.46. The van der Waals surface area contributed by atoms with Crippen LogP contribution in [0.2, 0.25) is 0 Å². The topological polar surface area (TPSA) is 68.4 Å². The number of carbonyl (C=O) groups excluding carboxylic acids is 2. The maximum atomic E-state index is 12.6. The Morgan fingerprint density at radius 2 is 1.77 bits per heavy atom. The summed E-state index contributed by atoms with van der Waals surface area (Å²) in [5.74, 6) is 0.0761. The monoisotopic (exact) mass is 422 g/mol. The van der Waals surface area contributed by atoms with E-state index in [4.69, 9.17) is 0 Å². The largest absolute Gasteiger partial charge is 0.354 e. The number of unbranched alkanes of at least 4 members (excludes halogenated alkanes) is 1. The van der Waals surface area contributed by atoms with Crippen molar-refractivity contribution in [2.24, 2.45) is 0 Å². The van der Waals surface area contributed by atoms with Crippen molar-refractivity contribution in [1.29, 1.82) is 0 Å². The van der Waals surface area contributed by atoms with Gasteiger partial charge in [-0.3, -0.25) is 14.5 Å². The van der Waals surface area contributed by atoms with Crippen LogP contribution in [0.1, 0.15) is 63.4 Å². The van der Waals surface area contributed by atoms with Crippen LogP contribution in [-0.2, 0) is 13.0 Å². The van der Waals surface area contributed by atoms with Crippen LogP contribution < -0.4 is 5.32 Å². The molecule has 1 fully saturated rings. The third kappa shape index (κ3) is 5.43. The van der Waals surface area contributed by atoms with Gasteiger partial charge in [0.2, 0.25) is 0 Å². The van der Waals surface area contributed by atoms with E-state index in [2.05, 4.69) is 50.4 Å². The first-order valence-corrected chi connectivity index (χ1v) is 11.6. The molecule has 0 unspecified atom stereocenters. The number of aryl methyl sites for hydroxylation is 1. The number of rotatable bonds is 8. The first-order chi connectivity index (χ1) is 15.1. The summed E-state index contributed by atoms with van der Waals surface area (Å²) in [7, 11) is 0. The molecule has 2 aliphatic rings. The molecule has 6 nitrogen and oxygen atoms in total. The maximum Gasteiger partial charge on any atom is 0.268 e. The van der Waals surface area contributed by atoms with Crippen LogP contribution in [0, 0.1) is 6.92 Å². The Morgan fingerprint density at radius 1 is 1.03 bits per heavy atom. The van der Waals surface area contributed by atoms with Gasteiger partial charge >= 0.3 is 0 Å². The molecule has 6 heteroatoms. The molecule has 0 radical (unpaired) electrons. The van der Waals surface area contributed by atoms with Crippen molar-refractivity contribution in [3.05, 3.63) is 58.4 Å². The predicted molar refractivity (Wildman–Crippen MR) is 123 cm³/mol. The van der Waals surface area contributed by atoms with E-state index in [9.17, 15) is 9.59 Å². The SMILES string of the molecule is Cc1c(C(=O)NCCCCN2CCN(Cc3ccccc3)CC2)[nH]c2c1C(=O)CCC2. The number of hydrogen-bond donors (Lipinski definition) is 2. The number of carbonyl (C=O) groups is 2. The number of H-pyrrole nitrogens is 1. The first-order valence-electron chi connectivity index (χ1n) is 11.6. The second-order valence-electron chi connectivity index (χ2n) is 8.82. The van der Waals surface area contributed by atoms with Crippen LogP contribution in [-0.4, -0.2) is 65.7 Å². The molecule has 0 bridgehead atoms. The van der Waals surface area contributed by atoms with Gasteiger partial charge in [-0.15, -0.1) is 0 Å². The second-order valence-corrected chi connectivity index (χ2v) is 8.82. The lowest BCUT2D eigenvalue weighted by molar-refractivity contribution is 0.0945. The van der Waals surface area contributed by atoms with Crippen LogP contribution in [0.3, 0.4) is 0 Å². The number of nitrogens with zero attached hydrogens (tertiary/aromatic N) is 2. The molecule has 1 aliphatic carbocycles. The summed E-state index contributed by atoms with van der Waals surface area (Å²) >= 11 is 0. The van der Waals surface area contributed by atoms with Crippen molar-refractivity contribution in [1.82, 2.24) is 20.1 Å². The van der Waals surface area contributed by atoms with Crippen LogP contribution in [0.15, 0.2) is 30.3 Å². The zero-order valence-electron chi connectivity index (χ0n) is 18.6. The van der Waals surface area contributed by atoms with E-state index in [-0.39, 0.29) is 11.7 Å². The Bertz CT molecular complexity index is 898. The van der Waals surface area contributed by atoms with E-state index >= 15 is 0 Å². The number of aromatic nitrogens is 1. The standard InChI is InChI=1S/C25H34N4O2/c1-19-23-21(10-7-11-22(23)30)27-24(19)25(31)26-12-5-6-13-28-14-16-29(17-15-28)18-20-8-3-2-4-9-20/h2-4,8-9,27H,5-7,10-18H2,1H3,(H,26,31). The Kier molecular flexibility index (Phi) is 7.20. The number of benzene rings is 1. The third-order valence-corrected chi connectivity index (χ3v) is 6.56.